The summed E-state index contributed by atoms with van der Waals surface area (Å²) in [5.41, 5.74) is 1.32. The summed E-state index contributed by atoms with van der Waals surface area (Å²) < 4.78 is 31.2. The van der Waals surface area contributed by atoms with Crippen molar-refractivity contribution in [3.63, 3.8) is 0 Å². The number of hydrogen-bond donors (Lipinski definition) is 0. The third-order valence-electron chi connectivity index (χ3n) is 7.05. The average Bonchev–Trinajstić information content (AvgIpc) is 3.02. The topological polar surface area (TPSA) is 54.5 Å². The lowest BCUT2D eigenvalue weighted by Gasteiger charge is -2.43. The van der Waals surface area contributed by atoms with Gasteiger partial charge in [0.15, 0.2) is 6.29 Å². The Bertz CT molecular complexity index is 819. The maximum Gasteiger partial charge on any atom is 0.410 e. The number of rotatable bonds is 5. The molecule has 2 bridgehead atoms. The molecule has 2 unspecified atom stereocenters. The van der Waals surface area contributed by atoms with Crippen LogP contribution in [0.5, 0.6) is 0 Å². The molecule has 3 heterocycles. The number of benzene rings is 1. The molecule has 8 heteroatoms. The molecular formula is C25H38FN3O4. The minimum absolute atomic E-state index is 0.181. The number of anilines is 2. The summed E-state index contributed by atoms with van der Waals surface area (Å²) in [5.74, 6) is 0.131. The lowest BCUT2D eigenvalue weighted by molar-refractivity contribution is -0.141. The van der Waals surface area contributed by atoms with Crippen molar-refractivity contribution < 1.29 is 23.4 Å². The molecule has 0 radical (unpaired) electrons. The van der Waals surface area contributed by atoms with E-state index in [1.165, 1.54) is 0 Å². The van der Waals surface area contributed by atoms with Crippen molar-refractivity contribution in [3.8, 4) is 0 Å². The molecule has 2 atom stereocenters. The molecule has 1 aromatic rings. The van der Waals surface area contributed by atoms with E-state index in [2.05, 4.69) is 15.9 Å². The number of hydrogen-bond acceptors (Lipinski definition) is 6. The van der Waals surface area contributed by atoms with Gasteiger partial charge in [0, 0.05) is 69.8 Å². The first-order valence-electron chi connectivity index (χ1n) is 12.1. The van der Waals surface area contributed by atoms with Crippen LogP contribution in [0, 0.1) is 11.7 Å². The Morgan fingerprint density at radius 3 is 2.09 bits per heavy atom. The average molecular weight is 464 g/mol. The number of methoxy groups -OCH3 is 2. The highest BCUT2D eigenvalue weighted by Crippen LogP contribution is 2.38. The highest BCUT2D eigenvalue weighted by atomic mass is 19.1. The third-order valence-corrected chi connectivity index (χ3v) is 7.05. The summed E-state index contributed by atoms with van der Waals surface area (Å²) in [6, 6.07) is 5.74. The Morgan fingerprint density at radius 1 is 0.970 bits per heavy atom. The van der Waals surface area contributed by atoms with Crippen LogP contribution in [0.3, 0.4) is 0 Å². The van der Waals surface area contributed by atoms with Gasteiger partial charge in [0.05, 0.1) is 0 Å². The van der Waals surface area contributed by atoms with Crippen molar-refractivity contribution in [1.29, 1.82) is 0 Å². The minimum Gasteiger partial charge on any atom is -0.444 e. The van der Waals surface area contributed by atoms with Gasteiger partial charge in [-0.15, -0.1) is 0 Å². The molecule has 4 rings (SSSR count). The van der Waals surface area contributed by atoms with Crippen LogP contribution >= 0.6 is 0 Å². The van der Waals surface area contributed by atoms with Crippen LogP contribution in [0.15, 0.2) is 18.2 Å². The number of nitrogens with zero attached hydrogens (tertiary/aromatic N) is 3. The van der Waals surface area contributed by atoms with E-state index in [9.17, 15) is 9.18 Å². The second kappa shape index (κ2) is 9.66. The van der Waals surface area contributed by atoms with E-state index in [4.69, 9.17) is 14.2 Å². The number of carbonyl (C=O) groups excluding carboxylic acids is 1. The maximum absolute atomic E-state index is 14.7. The lowest BCUT2D eigenvalue weighted by Crippen LogP contribution is -2.56. The summed E-state index contributed by atoms with van der Waals surface area (Å²) in [4.78, 5) is 19.0. The van der Waals surface area contributed by atoms with Crippen molar-refractivity contribution in [2.24, 2.45) is 5.92 Å². The summed E-state index contributed by atoms with van der Waals surface area (Å²) in [6.45, 7) is 8.56. The van der Waals surface area contributed by atoms with E-state index in [1.807, 2.05) is 25.7 Å². The summed E-state index contributed by atoms with van der Waals surface area (Å²) in [7, 11) is 3.35. The number of amides is 1. The van der Waals surface area contributed by atoms with Gasteiger partial charge in [-0.05, 0) is 64.7 Å². The first-order chi connectivity index (χ1) is 15.7. The van der Waals surface area contributed by atoms with Crippen LogP contribution in [-0.2, 0) is 14.2 Å². The van der Waals surface area contributed by atoms with Crippen LogP contribution in [0.4, 0.5) is 20.6 Å². The van der Waals surface area contributed by atoms with Crippen molar-refractivity contribution >= 4 is 17.5 Å². The molecule has 3 aliphatic rings. The van der Waals surface area contributed by atoms with Crippen molar-refractivity contribution in [2.45, 2.75) is 70.4 Å². The van der Waals surface area contributed by atoms with E-state index >= 15 is 0 Å². The third kappa shape index (κ3) is 5.38. The molecule has 1 aromatic carbocycles. The number of ether oxygens (including phenoxy) is 3. The molecule has 33 heavy (non-hydrogen) atoms. The van der Waals surface area contributed by atoms with Crippen molar-refractivity contribution in [2.75, 3.05) is 50.2 Å². The number of piperazine rings is 1. The zero-order valence-electron chi connectivity index (χ0n) is 20.6. The summed E-state index contributed by atoms with van der Waals surface area (Å²) in [6.07, 6.45) is 3.43. The van der Waals surface area contributed by atoms with Gasteiger partial charge in [-0.25, -0.2) is 9.18 Å². The van der Waals surface area contributed by atoms with Crippen LogP contribution in [0.25, 0.3) is 0 Å². The van der Waals surface area contributed by atoms with Crippen LogP contribution in [-0.4, -0.2) is 75.4 Å². The SMILES string of the molecule is COC(OC)C1CCN(c2cc(F)cc(N3C4CCC3CN(C(=O)OC(C)(C)C)C4)c2)CC1. The molecule has 0 aliphatic carbocycles. The number of fused-ring (bicyclic) bond motifs is 2. The second-order valence-electron chi connectivity index (χ2n) is 10.5. The first-order valence-corrected chi connectivity index (χ1v) is 12.1. The fourth-order valence-electron chi connectivity index (χ4n) is 5.60. The number of halogens is 1. The maximum atomic E-state index is 14.7. The molecule has 3 aliphatic heterocycles. The highest BCUT2D eigenvalue weighted by molar-refractivity contribution is 5.70. The predicted octanol–water partition coefficient (Wildman–Crippen LogP) is 4.25. The molecule has 0 spiro atoms. The molecular weight excluding hydrogens is 425 g/mol. The Balaban J connectivity index is 1.45. The summed E-state index contributed by atoms with van der Waals surface area (Å²) in [5, 5.41) is 0. The van der Waals surface area contributed by atoms with E-state index < -0.39 is 5.60 Å². The Kier molecular flexibility index (Phi) is 7.05. The highest BCUT2D eigenvalue weighted by Gasteiger charge is 2.42. The summed E-state index contributed by atoms with van der Waals surface area (Å²) >= 11 is 0. The van der Waals surface area contributed by atoms with Crippen LogP contribution < -0.4 is 9.80 Å². The van der Waals surface area contributed by atoms with E-state index in [0.29, 0.717) is 19.0 Å². The van der Waals surface area contributed by atoms with E-state index in [0.717, 1.165) is 50.1 Å². The fraction of sp³-hybridized carbons (Fsp3) is 0.720. The van der Waals surface area contributed by atoms with E-state index in [-0.39, 0.29) is 30.3 Å². The Hall–Kier alpha value is -2.06. The zero-order valence-corrected chi connectivity index (χ0v) is 20.6. The van der Waals surface area contributed by atoms with Crippen LogP contribution in [0.1, 0.15) is 46.5 Å². The molecule has 3 fully saturated rings. The predicted molar refractivity (Wildman–Crippen MR) is 126 cm³/mol. The monoisotopic (exact) mass is 463 g/mol. The van der Waals surface area contributed by atoms with Gasteiger partial charge < -0.3 is 28.9 Å². The molecule has 0 aromatic heterocycles. The van der Waals surface area contributed by atoms with Gasteiger partial charge in [-0.1, -0.05) is 0 Å². The van der Waals surface area contributed by atoms with E-state index in [1.54, 1.807) is 26.4 Å². The van der Waals surface area contributed by atoms with Gasteiger partial charge in [0.1, 0.15) is 11.4 Å². The normalized spacial score (nSPS) is 24.0. The van der Waals surface area contributed by atoms with Gasteiger partial charge in [0.2, 0.25) is 0 Å². The van der Waals surface area contributed by atoms with Gasteiger partial charge in [-0.2, -0.15) is 0 Å². The standard InChI is InChI=1S/C25H38FN3O4/c1-25(2,3)33-24(30)28-15-19-6-7-20(16-28)29(19)22-13-18(26)12-21(14-22)27-10-8-17(9-11-27)23(31-4)32-5/h12-14,17,19-20,23H,6-11,15-16H2,1-5H3. The molecule has 0 saturated carbocycles. The quantitative estimate of drug-likeness (QED) is 0.609. The van der Waals surface area contributed by atoms with Crippen molar-refractivity contribution in [1.82, 2.24) is 4.90 Å². The fourth-order valence-corrected chi connectivity index (χ4v) is 5.60. The lowest BCUT2D eigenvalue weighted by atomic mass is 9.95. The zero-order chi connectivity index (χ0) is 23.8. The van der Waals surface area contributed by atoms with Gasteiger partial charge in [0.25, 0.3) is 0 Å². The van der Waals surface area contributed by atoms with Gasteiger partial charge >= 0.3 is 6.09 Å². The molecule has 184 valence electrons. The van der Waals surface area contributed by atoms with Crippen molar-refractivity contribution in [3.05, 3.63) is 24.0 Å². The largest absolute Gasteiger partial charge is 0.444 e. The number of carbonyl (C=O) groups is 1. The smallest absolute Gasteiger partial charge is 0.410 e. The Morgan fingerprint density at radius 2 is 1.55 bits per heavy atom. The molecule has 0 N–H and O–H groups in total. The molecule has 7 nitrogen and oxygen atoms in total. The van der Waals surface area contributed by atoms with Gasteiger partial charge in [-0.3, -0.25) is 0 Å². The number of piperidine rings is 1. The second-order valence-corrected chi connectivity index (χ2v) is 10.5. The minimum atomic E-state index is -0.509. The Labute approximate surface area is 196 Å². The first kappa shape index (κ1) is 24.1. The van der Waals surface area contributed by atoms with Crippen LogP contribution in [0.2, 0.25) is 0 Å². The molecule has 3 saturated heterocycles. The number of likely N-dealkylation sites (tertiary alicyclic amines) is 1. The molecule has 1 amide bonds.